The lowest BCUT2D eigenvalue weighted by Gasteiger charge is -2.48. The molecule has 1 amide bonds. The Morgan fingerprint density at radius 1 is 1.19 bits per heavy atom. The third kappa shape index (κ3) is 2.97. The lowest BCUT2D eigenvalue weighted by molar-refractivity contribution is -0.147. The number of piperidine rings is 1. The van der Waals surface area contributed by atoms with Crippen LogP contribution in [-0.2, 0) is 23.1 Å². The van der Waals surface area contributed by atoms with E-state index in [-0.39, 0.29) is 23.2 Å². The maximum Gasteiger partial charge on any atom is 0.231 e. The van der Waals surface area contributed by atoms with Crippen LogP contribution in [-0.4, -0.2) is 47.2 Å². The number of aromatic amines is 1. The van der Waals surface area contributed by atoms with Crippen molar-refractivity contribution in [3.63, 3.8) is 0 Å². The monoisotopic (exact) mass is 386 g/mol. The average Bonchev–Trinajstić information content (AvgIpc) is 3.24. The van der Waals surface area contributed by atoms with E-state index in [0.717, 1.165) is 58.3 Å². The summed E-state index contributed by atoms with van der Waals surface area (Å²) in [5.41, 5.74) is 3.73. The number of fused-ring (bicyclic) bond motifs is 2. The van der Waals surface area contributed by atoms with Gasteiger partial charge in [0.15, 0.2) is 0 Å². The van der Waals surface area contributed by atoms with Gasteiger partial charge in [-0.3, -0.25) is 9.89 Å². The highest BCUT2D eigenvalue weighted by Crippen LogP contribution is 2.45. The fraction of sp³-hybridized carbons (Fsp3) is 0.524. The Hall–Kier alpha value is -1.85. The lowest BCUT2D eigenvalue weighted by atomic mass is 9.72. The molecular formula is C21H27ClN4O. The number of carbonyl (C=O) groups excluding carboxylic acids is 1. The third-order valence-corrected chi connectivity index (χ3v) is 6.75. The molecule has 3 aliphatic rings. The summed E-state index contributed by atoms with van der Waals surface area (Å²) in [5.74, 6) is 0.340. The molecule has 2 N–H and O–H groups in total. The van der Waals surface area contributed by atoms with Crippen molar-refractivity contribution in [2.45, 2.75) is 37.5 Å². The first kappa shape index (κ1) is 18.5. The van der Waals surface area contributed by atoms with Crippen molar-refractivity contribution in [2.75, 3.05) is 26.2 Å². The normalized spacial score (nSPS) is 25.6. The number of aryl methyl sites for hydroxylation is 1. The number of hydrogen-bond acceptors (Lipinski definition) is 3. The standard InChI is InChI=1S/C21H26N4O.ClH/c26-19(21(13-22-14-21)11-16-5-2-1-3-6-16)25-10-4-8-20(15-25)9-7-17-12-23-24-18(17)20;/h1-3,5-6,12,22H,4,7-11,13-15H2,(H,23,24);1H. The minimum absolute atomic E-state index is 0. The number of amides is 1. The van der Waals surface area contributed by atoms with Crippen LogP contribution in [0.4, 0.5) is 0 Å². The number of nitrogens with one attached hydrogen (secondary N) is 2. The quantitative estimate of drug-likeness (QED) is 0.851. The molecule has 1 aliphatic carbocycles. The predicted octanol–water partition coefficient (Wildman–Crippen LogP) is 2.47. The van der Waals surface area contributed by atoms with E-state index in [0.29, 0.717) is 5.91 Å². The number of H-pyrrole nitrogens is 1. The van der Waals surface area contributed by atoms with Crippen LogP contribution in [0.1, 0.15) is 36.1 Å². The van der Waals surface area contributed by atoms with E-state index < -0.39 is 0 Å². The zero-order valence-corrected chi connectivity index (χ0v) is 16.4. The van der Waals surface area contributed by atoms with Gasteiger partial charge in [-0.2, -0.15) is 5.10 Å². The highest BCUT2D eigenvalue weighted by Gasteiger charge is 2.50. The Kier molecular flexibility index (Phi) is 4.77. The number of benzene rings is 1. The second-order valence-corrected chi connectivity index (χ2v) is 8.43. The molecule has 6 heteroatoms. The fourth-order valence-corrected chi connectivity index (χ4v) is 5.27. The minimum Gasteiger partial charge on any atom is -0.341 e. The number of rotatable bonds is 3. The maximum absolute atomic E-state index is 13.6. The molecule has 144 valence electrons. The van der Waals surface area contributed by atoms with E-state index in [1.165, 1.54) is 16.8 Å². The number of carbonyl (C=O) groups is 1. The highest BCUT2D eigenvalue weighted by atomic mass is 35.5. The number of hydrogen-bond donors (Lipinski definition) is 2. The van der Waals surface area contributed by atoms with Crippen LogP contribution in [0.3, 0.4) is 0 Å². The number of halogens is 1. The van der Waals surface area contributed by atoms with Crippen LogP contribution in [0.25, 0.3) is 0 Å². The molecule has 1 spiro atoms. The Morgan fingerprint density at radius 3 is 2.74 bits per heavy atom. The second-order valence-electron chi connectivity index (χ2n) is 8.43. The summed E-state index contributed by atoms with van der Waals surface area (Å²) in [6, 6.07) is 10.4. The van der Waals surface area contributed by atoms with Crippen molar-refractivity contribution in [1.82, 2.24) is 20.4 Å². The van der Waals surface area contributed by atoms with Gasteiger partial charge in [0.05, 0.1) is 11.6 Å². The number of nitrogens with zero attached hydrogens (tertiary/aromatic N) is 2. The molecule has 1 atom stereocenters. The zero-order chi connectivity index (χ0) is 17.6. The molecular weight excluding hydrogens is 360 g/mol. The molecule has 1 aromatic carbocycles. The molecule has 0 saturated carbocycles. The second kappa shape index (κ2) is 6.95. The van der Waals surface area contributed by atoms with Crippen LogP contribution in [0, 0.1) is 5.41 Å². The van der Waals surface area contributed by atoms with Gasteiger partial charge >= 0.3 is 0 Å². The minimum atomic E-state index is -0.269. The topological polar surface area (TPSA) is 61.0 Å². The van der Waals surface area contributed by atoms with E-state index in [4.69, 9.17) is 0 Å². The lowest BCUT2D eigenvalue weighted by Crippen LogP contribution is -2.65. The van der Waals surface area contributed by atoms with Crippen LogP contribution < -0.4 is 5.32 Å². The average molecular weight is 387 g/mol. The first-order valence-electron chi connectivity index (χ1n) is 9.78. The zero-order valence-electron chi connectivity index (χ0n) is 15.5. The third-order valence-electron chi connectivity index (χ3n) is 6.75. The first-order chi connectivity index (χ1) is 12.7. The summed E-state index contributed by atoms with van der Waals surface area (Å²) in [6.07, 6.45) is 7.28. The van der Waals surface area contributed by atoms with Crippen LogP contribution in [0.5, 0.6) is 0 Å². The van der Waals surface area contributed by atoms with Crippen molar-refractivity contribution in [3.05, 3.63) is 53.3 Å². The fourth-order valence-electron chi connectivity index (χ4n) is 5.27. The van der Waals surface area contributed by atoms with Gasteiger partial charge in [-0.05, 0) is 43.2 Å². The summed E-state index contributed by atoms with van der Waals surface area (Å²) >= 11 is 0. The molecule has 2 aliphatic heterocycles. The van der Waals surface area contributed by atoms with Gasteiger partial charge in [0.2, 0.25) is 5.91 Å². The maximum atomic E-state index is 13.6. The summed E-state index contributed by atoms with van der Waals surface area (Å²) < 4.78 is 0. The van der Waals surface area contributed by atoms with E-state index >= 15 is 0 Å². The summed E-state index contributed by atoms with van der Waals surface area (Å²) in [7, 11) is 0. The molecule has 2 fully saturated rings. The molecule has 0 bridgehead atoms. The van der Waals surface area contributed by atoms with Gasteiger partial charge in [-0.25, -0.2) is 0 Å². The van der Waals surface area contributed by atoms with Crippen molar-refractivity contribution in [1.29, 1.82) is 0 Å². The molecule has 2 aromatic rings. The largest absolute Gasteiger partial charge is 0.341 e. The van der Waals surface area contributed by atoms with Gasteiger partial charge < -0.3 is 10.2 Å². The van der Waals surface area contributed by atoms with Gasteiger partial charge in [0.25, 0.3) is 0 Å². The van der Waals surface area contributed by atoms with Crippen LogP contribution in [0.15, 0.2) is 36.5 Å². The molecule has 1 aromatic heterocycles. The Morgan fingerprint density at radius 2 is 2.00 bits per heavy atom. The van der Waals surface area contributed by atoms with Gasteiger partial charge in [-0.15, -0.1) is 12.4 Å². The molecule has 27 heavy (non-hydrogen) atoms. The summed E-state index contributed by atoms with van der Waals surface area (Å²) in [4.78, 5) is 15.7. The Balaban J connectivity index is 0.00000180. The number of likely N-dealkylation sites (tertiary alicyclic amines) is 1. The van der Waals surface area contributed by atoms with Gasteiger partial charge in [0, 0.05) is 37.3 Å². The van der Waals surface area contributed by atoms with E-state index in [1.807, 2.05) is 12.3 Å². The van der Waals surface area contributed by atoms with Crippen molar-refractivity contribution in [2.24, 2.45) is 5.41 Å². The van der Waals surface area contributed by atoms with Crippen LogP contribution in [0.2, 0.25) is 0 Å². The Labute approximate surface area is 166 Å². The number of aromatic nitrogens is 2. The molecule has 5 nitrogen and oxygen atoms in total. The van der Waals surface area contributed by atoms with E-state index in [9.17, 15) is 4.79 Å². The highest BCUT2D eigenvalue weighted by molar-refractivity contribution is 5.85. The SMILES string of the molecule is Cl.O=C(N1CCCC2(CCc3cn[nH]c32)C1)C1(Cc2ccccc2)CNC1. The van der Waals surface area contributed by atoms with E-state index in [1.54, 1.807) is 0 Å². The van der Waals surface area contributed by atoms with Crippen molar-refractivity contribution in [3.8, 4) is 0 Å². The predicted molar refractivity (Wildman–Crippen MR) is 107 cm³/mol. The van der Waals surface area contributed by atoms with Gasteiger partial charge in [-0.1, -0.05) is 30.3 Å². The smallest absolute Gasteiger partial charge is 0.231 e. The molecule has 2 saturated heterocycles. The summed E-state index contributed by atoms with van der Waals surface area (Å²) in [6.45, 7) is 3.32. The molecule has 3 heterocycles. The van der Waals surface area contributed by atoms with Crippen molar-refractivity contribution < 1.29 is 4.79 Å². The summed E-state index contributed by atoms with van der Waals surface area (Å²) in [5, 5.41) is 10.9. The molecule has 0 radical (unpaired) electrons. The van der Waals surface area contributed by atoms with Crippen LogP contribution >= 0.6 is 12.4 Å². The van der Waals surface area contributed by atoms with E-state index in [2.05, 4.69) is 44.7 Å². The van der Waals surface area contributed by atoms with Gasteiger partial charge in [0.1, 0.15) is 0 Å². The van der Waals surface area contributed by atoms with Crippen molar-refractivity contribution >= 4 is 18.3 Å². The first-order valence-corrected chi connectivity index (χ1v) is 9.78. The Bertz CT molecular complexity index is 817. The molecule has 5 rings (SSSR count). The molecule has 1 unspecified atom stereocenters.